The second-order valence-electron chi connectivity index (χ2n) is 4.56. The van der Waals surface area contributed by atoms with Gasteiger partial charge >= 0.3 is 151 Å². The van der Waals surface area contributed by atoms with E-state index in [4.69, 9.17) is 52.6 Å². The number of alkyl halides is 4. The summed E-state index contributed by atoms with van der Waals surface area (Å²) in [7, 11) is 0. The van der Waals surface area contributed by atoms with Gasteiger partial charge in [0.25, 0.3) is 0 Å². The summed E-state index contributed by atoms with van der Waals surface area (Å²) in [5, 5.41) is 0. The number of halogens is 4. The van der Waals surface area contributed by atoms with Crippen molar-refractivity contribution in [1.82, 2.24) is 0 Å². The van der Waals surface area contributed by atoms with Crippen molar-refractivity contribution < 1.29 is 15.7 Å². The van der Waals surface area contributed by atoms with Crippen molar-refractivity contribution in [3.8, 4) is 0 Å². The van der Waals surface area contributed by atoms with E-state index in [1.54, 1.807) is 0 Å². The molecule has 0 aromatic heterocycles. The normalized spacial score (nSPS) is 11.8. The van der Waals surface area contributed by atoms with E-state index in [1.807, 2.05) is 13.8 Å². The van der Waals surface area contributed by atoms with Gasteiger partial charge in [-0.25, -0.2) is 0 Å². The summed E-state index contributed by atoms with van der Waals surface area (Å²) in [5.41, 5.74) is 0. The van der Waals surface area contributed by atoms with Gasteiger partial charge in [-0.05, 0) is 0 Å². The number of hydrogen-bond acceptors (Lipinski definition) is 4. The van der Waals surface area contributed by atoms with Crippen LogP contribution in [0.15, 0.2) is 0 Å². The fourth-order valence-electron chi connectivity index (χ4n) is 1.70. The van der Waals surface area contributed by atoms with E-state index in [-0.39, 0.29) is 0 Å². The molecule has 0 aliphatic rings. The average Bonchev–Trinajstić information content (AvgIpc) is 2.42. The van der Waals surface area contributed by atoms with E-state index in [0.717, 1.165) is 25.7 Å². The number of carbonyl (C=O) groups is 2. The van der Waals surface area contributed by atoms with E-state index in [1.165, 1.54) is 0 Å². The predicted molar refractivity (Wildman–Crippen MR) is 88.4 cm³/mol. The summed E-state index contributed by atoms with van der Waals surface area (Å²) in [5.74, 6) is -1.54. The summed E-state index contributed by atoms with van der Waals surface area (Å²) in [4.78, 5) is 20.9. The zero-order chi connectivity index (χ0) is 16.5. The molecule has 4 nitrogen and oxygen atoms in total. The van der Waals surface area contributed by atoms with Crippen molar-refractivity contribution in [3.05, 3.63) is 0 Å². The van der Waals surface area contributed by atoms with Crippen LogP contribution >= 0.6 is 46.4 Å². The van der Waals surface area contributed by atoms with Crippen LogP contribution in [0.2, 0.25) is 8.87 Å². The molecule has 0 unspecified atom stereocenters. The molecule has 0 fully saturated rings. The van der Waals surface area contributed by atoms with Gasteiger partial charge in [-0.15, -0.1) is 0 Å². The Labute approximate surface area is 150 Å². The van der Waals surface area contributed by atoms with E-state index >= 15 is 0 Å². The van der Waals surface area contributed by atoms with Crippen molar-refractivity contribution in [2.24, 2.45) is 0 Å². The van der Waals surface area contributed by atoms with Gasteiger partial charge in [0.15, 0.2) is 0 Å². The number of unbranched alkanes of at least 4 members (excludes halogenated alkanes) is 2. The van der Waals surface area contributed by atoms with Gasteiger partial charge in [-0.1, -0.05) is 0 Å². The molecule has 0 aliphatic heterocycles. The van der Waals surface area contributed by atoms with E-state index in [9.17, 15) is 9.59 Å². The second-order valence-corrected chi connectivity index (χ2v) is 16.0. The Morgan fingerprint density at radius 1 is 0.857 bits per heavy atom. The molecule has 0 saturated carbocycles. The van der Waals surface area contributed by atoms with Crippen LogP contribution in [0.5, 0.6) is 0 Å². The van der Waals surface area contributed by atoms with Crippen LogP contribution in [-0.4, -0.2) is 40.8 Å². The van der Waals surface area contributed by atoms with Crippen molar-refractivity contribution in [2.75, 3.05) is 0 Å². The Bertz CT molecular complexity index is 307. The molecular formula is C12H20Cl4O4Sn. The first-order valence-electron chi connectivity index (χ1n) is 6.80. The quantitative estimate of drug-likeness (QED) is 0.330. The minimum atomic E-state index is -4.00. The van der Waals surface area contributed by atoms with Crippen LogP contribution in [0.1, 0.15) is 39.5 Å². The third-order valence-electron chi connectivity index (χ3n) is 2.75. The summed E-state index contributed by atoms with van der Waals surface area (Å²) >= 11 is 18.1. The molecule has 0 saturated heterocycles. The van der Waals surface area contributed by atoms with E-state index in [0.29, 0.717) is 8.87 Å². The molecule has 21 heavy (non-hydrogen) atoms. The number of carbonyl (C=O) groups excluding carboxylic acids is 2. The third-order valence-corrected chi connectivity index (χ3v) is 13.1. The molecule has 0 amide bonds. The fourth-order valence-corrected chi connectivity index (χ4v) is 12.6. The average molecular weight is 489 g/mol. The summed E-state index contributed by atoms with van der Waals surface area (Å²) in [6.07, 6.45) is 3.34. The summed E-state index contributed by atoms with van der Waals surface area (Å²) < 4.78 is 12.0. The monoisotopic (exact) mass is 488 g/mol. The first kappa shape index (κ1) is 21.9. The van der Waals surface area contributed by atoms with Crippen molar-refractivity contribution in [3.63, 3.8) is 0 Å². The Morgan fingerprint density at radius 2 is 1.19 bits per heavy atom. The molecule has 0 aliphatic carbocycles. The van der Waals surface area contributed by atoms with Gasteiger partial charge in [-0.3, -0.25) is 0 Å². The Morgan fingerprint density at radius 3 is 1.43 bits per heavy atom. The molecule has 124 valence electrons. The molecule has 0 heterocycles. The van der Waals surface area contributed by atoms with Crippen LogP contribution in [0.3, 0.4) is 0 Å². The van der Waals surface area contributed by atoms with Gasteiger partial charge in [0.05, 0.1) is 0 Å². The molecule has 0 atom stereocenters. The van der Waals surface area contributed by atoms with E-state index < -0.39 is 40.8 Å². The molecule has 0 radical (unpaired) electrons. The Balaban J connectivity index is 5.18. The van der Waals surface area contributed by atoms with Gasteiger partial charge in [0.1, 0.15) is 0 Å². The molecule has 0 bridgehead atoms. The Kier molecular flexibility index (Phi) is 11.9. The van der Waals surface area contributed by atoms with Crippen molar-refractivity contribution in [1.29, 1.82) is 0 Å². The van der Waals surface area contributed by atoms with Crippen LogP contribution in [0.4, 0.5) is 0 Å². The minimum absolute atomic E-state index is 0.545. The molecular weight excluding hydrogens is 469 g/mol. The van der Waals surface area contributed by atoms with Crippen molar-refractivity contribution in [2.45, 2.75) is 58.1 Å². The Hall–Kier alpha value is 0.899. The SMILES string of the molecule is CCC[CH2][Sn]([CH2]CCC)([O]C(=O)C(Cl)Cl)[O]C(=O)C(Cl)Cl. The van der Waals surface area contributed by atoms with Gasteiger partial charge in [0, 0.05) is 0 Å². The first-order chi connectivity index (χ1) is 9.78. The molecule has 0 rings (SSSR count). The maximum atomic E-state index is 11.7. The molecule has 9 heteroatoms. The van der Waals surface area contributed by atoms with Crippen molar-refractivity contribution >= 4 is 77.5 Å². The molecule has 0 spiro atoms. The number of hydrogen-bond donors (Lipinski definition) is 0. The van der Waals surface area contributed by atoms with Gasteiger partial charge in [-0.2, -0.15) is 0 Å². The zero-order valence-electron chi connectivity index (χ0n) is 12.0. The van der Waals surface area contributed by atoms with Gasteiger partial charge in [0.2, 0.25) is 0 Å². The van der Waals surface area contributed by atoms with Gasteiger partial charge < -0.3 is 0 Å². The first-order valence-corrected chi connectivity index (χ1v) is 14.9. The predicted octanol–water partition coefficient (Wildman–Crippen LogP) is 4.72. The van der Waals surface area contributed by atoms with E-state index in [2.05, 4.69) is 0 Å². The maximum absolute atomic E-state index is 11.7. The van der Waals surface area contributed by atoms with Crippen LogP contribution < -0.4 is 0 Å². The van der Waals surface area contributed by atoms with Crippen LogP contribution in [0, 0.1) is 0 Å². The number of rotatable bonds is 10. The summed E-state index contributed by atoms with van der Waals surface area (Å²) in [6.45, 7) is 4.00. The summed E-state index contributed by atoms with van der Waals surface area (Å²) in [6, 6.07) is 0. The topological polar surface area (TPSA) is 52.6 Å². The molecule has 0 aromatic rings. The fraction of sp³-hybridized carbons (Fsp3) is 0.833. The second kappa shape index (κ2) is 11.4. The molecule has 0 aromatic carbocycles. The molecule has 0 N–H and O–H groups in total. The third kappa shape index (κ3) is 8.94. The van der Waals surface area contributed by atoms with Crippen LogP contribution in [0.25, 0.3) is 0 Å². The van der Waals surface area contributed by atoms with Crippen LogP contribution in [-0.2, 0) is 15.7 Å². The standard InChI is InChI=1S/2C4H9.2C2H2Cl2O2.Sn/c2*1-3-4-2;2*3-1(4)2(5)6;/h2*1,3-4H2,2H3;2*1H,(H,5,6);/q;;;;+2/p-2. The zero-order valence-corrected chi connectivity index (χ0v) is 17.9.